The molecule has 1 aromatic heterocycles. The predicted molar refractivity (Wildman–Crippen MR) is 93.1 cm³/mol. The van der Waals surface area contributed by atoms with Crippen LogP contribution in [0.1, 0.15) is 6.92 Å². The first-order valence-corrected chi connectivity index (χ1v) is 8.29. The van der Waals surface area contributed by atoms with Crippen LogP contribution in [0.5, 0.6) is 0 Å². The zero-order valence-corrected chi connectivity index (χ0v) is 15.5. The van der Waals surface area contributed by atoms with Crippen LogP contribution in [-0.2, 0) is 4.79 Å². The van der Waals surface area contributed by atoms with Gasteiger partial charge < -0.3 is 14.7 Å². The lowest BCUT2D eigenvalue weighted by Crippen LogP contribution is -2.60. The van der Waals surface area contributed by atoms with Gasteiger partial charge >= 0.3 is 0 Å². The Balaban J connectivity index is 0.00000242. The molecule has 1 aliphatic rings. The van der Waals surface area contributed by atoms with Crippen LogP contribution in [0.25, 0.3) is 0 Å². The van der Waals surface area contributed by atoms with Crippen molar-refractivity contribution < 1.29 is 4.79 Å². The lowest BCUT2D eigenvalue weighted by atomic mass is 10.2. The van der Waals surface area contributed by atoms with Crippen molar-refractivity contribution in [3.63, 3.8) is 0 Å². The number of hydrogen-bond acceptors (Lipinski definition) is 6. The molecule has 2 rings (SSSR count). The summed E-state index contributed by atoms with van der Waals surface area (Å²) in [7, 11) is 3.85. The number of carbonyl (C=O) groups is 1. The maximum Gasteiger partial charge on any atom is 0.228 e. The van der Waals surface area contributed by atoms with E-state index < -0.39 is 0 Å². The maximum absolute atomic E-state index is 11.7. The van der Waals surface area contributed by atoms with Crippen molar-refractivity contribution >= 4 is 47.6 Å². The van der Waals surface area contributed by atoms with E-state index in [2.05, 4.69) is 14.9 Å². The zero-order chi connectivity index (χ0) is 15.6. The van der Waals surface area contributed by atoms with E-state index in [9.17, 15) is 4.79 Å². The Bertz CT molecular complexity index is 533. The van der Waals surface area contributed by atoms with Crippen LogP contribution in [0, 0.1) is 0 Å². The quantitative estimate of drug-likeness (QED) is 0.601. The molecule has 124 valence electrons. The third kappa shape index (κ3) is 4.16. The van der Waals surface area contributed by atoms with Gasteiger partial charge in [-0.25, -0.2) is 4.98 Å². The van der Waals surface area contributed by atoms with E-state index in [1.807, 2.05) is 18.2 Å². The maximum atomic E-state index is 11.7. The van der Waals surface area contributed by atoms with Gasteiger partial charge in [-0.3, -0.25) is 4.79 Å². The summed E-state index contributed by atoms with van der Waals surface area (Å²) in [5.74, 6) is 0.594. The van der Waals surface area contributed by atoms with Crippen molar-refractivity contribution in [3.05, 3.63) is 11.3 Å². The Morgan fingerprint density at radius 2 is 2.18 bits per heavy atom. The second kappa shape index (κ2) is 8.19. The van der Waals surface area contributed by atoms with Gasteiger partial charge in [0.05, 0.1) is 4.90 Å². The fraction of sp³-hybridized carbons (Fsp3) is 0.615. The summed E-state index contributed by atoms with van der Waals surface area (Å²) in [6, 6.07) is 0. The molecule has 1 aromatic rings. The first kappa shape index (κ1) is 19.3. The van der Waals surface area contributed by atoms with Gasteiger partial charge in [0, 0.05) is 39.8 Å². The summed E-state index contributed by atoms with van der Waals surface area (Å²) in [6.07, 6.45) is 3.59. The van der Waals surface area contributed by atoms with E-state index in [0.29, 0.717) is 11.1 Å². The molecule has 1 unspecified atom stereocenters. The van der Waals surface area contributed by atoms with E-state index in [-0.39, 0.29) is 24.5 Å². The average molecular weight is 366 g/mol. The van der Waals surface area contributed by atoms with Gasteiger partial charge in [-0.05, 0) is 13.3 Å². The number of rotatable bonds is 3. The van der Waals surface area contributed by atoms with Crippen molar-refractivity contribution in [2.24, 2.45) is 0 Å². The lowest BCUT2D eigenvalue weighted by molar-refractivity contribution is -0.130. The number of nitrogens with zero attached hydrogens (tertiary/aromatic N) is 5. The van der Waals surface area contributed by atoms with Crippen LogP contribution in [-0.4, -0.2) is 71.8 Å². The molecule has 6 nitrogen and oxygen atoms in total. The Kier molecular flexibility index (Phi) is 7.18. The number of likely N-dealkylation sites (N-methyl/N-ethyl adjacent to an activating group) is 2. The number of piperazine rings is 1. The number of halogens is 2. The average Bonchev–Trinajstić information content (AvgIpc) is 2.46. The van der Waals surface area contributed by atoms with Gasteiger partial charge in [0.2, 0.25) is 11.9 Å². The van der Waals surface area contributed by atoms with Crippen molar-refractivity contribution in [1.82, 2.24) is 19.8 Å². The number of anilines is 1. The Morgan fingerprint density at radius 3 is 2.73 bits per heavy atom. The minimum absolute atomic E-state index is 0. The zero-order valence-electron chi connectivity index (χ0n) is 13.1. The highest BCUT2D eigenvalue weighted by Crippen LogP contribution is 2.26. The van der Waals surface area contributed by atoms with Crippen molar-refractivity contribution in [1.29, 1.82) is 0 Å². The molecule has 1 amide bonds. The number of amides is 1. The summed E-state index contributed by atoms with van der Waals surface area (Å²) in [5.41, 5.74) is 0. The van der Waals surface area contributed by atoms with E-state index in [1.165, 1.54) is 11.8 Å². The minimum Gasteiger partial charge on any atom is -0.324 e. The second-order valence-electron chi connectivity index (χ2n) is 5.10. The van der Waals surface area contributed by atoms with Gasteiger partial charge in [-0.15, -0.1) is 24.2 Å². The number of hydrogen-bond donors (Lipinski definition) is 0. The van der Waals surface area contributed by atoms with Crippen LogP contribution in [0.15, 0.2) is 11.1 Å². The van der Waals surface area contributed by atoms with Crippen LogP contribution < -0.4 is 4.90 Å². The topological polar surface area (TPSA) is 52.6 Å². The monoisotopic (exact) mass is 365 g/mol. The van der Waals surface area contributed by atoms with Gasteiger partial charge in [-0.1, -0.05) is 11.6 Å². The third-order valence-corrected chi connectivity index (χ3v) is 4.82. The SMILES string of the molecule is CSc1cnc(N2CCN(C)CC2N(C)C(C)=O)nc1Cl.Cl. The molecule has 0 aromatic carbocycles. The molecule has 1 atom stereocenters. The molecule has 0 saturated carbocycles. The van der Waals surface area contributed by atoms with Crippen LogP contribution in [0.2, 0.25) is 5.15 Å². The van der Waals surface area contributed by atoms with Crippen molar-refractivity contribution in [2.45, 2.75) is 18.0 Å². The number of carbonyl (C=O) groups excluding carboxylic acids is 1. The summed E-state index contributed by atoms with van der Waals surface area (Å²) in [4.78, 5) is 27.3. The van der Waals surface area contributed by atoms with Gasteiger partial charge in [0.1, 0.15) is 11.3 Å². The third-order valence-electron chi connectivity index (χ3n) is 3.68. The first-order valence-electron chi connectivity index (χ1n) is 6.69. The molecule has 0 aliphatic carbocycles. The summed E-state index contributed by atoms with van der Waals surface area (Å²) >= 11 is 7.69. The van der Waals surface area contributed by atoms with E-state index >= 15 is 0 Å². The predicted octanol–water partition coefficient (Wildman–Crippen LogP) is 1.83. The Morgan fingerprint density at radius 1 is 1.50 bits per heavy atom. The largest absolute Gasteiger partial charge is 0.324 e. The van der Waals surface area contributed by atoms with Gasteiger partial charge in [-0.2, -0.15) is 4.98 Å². The van der Waals surface area contributed by atoms with Gasteiger partial charge in [0.15, 0.2) is 0 Å². The standard InChI is InChI=1S/C13H20ClN5OS.ClH/c1-9(20)18(3)11-8-17(2)5-6-19(11)13-15-7-10(21-4)12(14)16-13;/h7,11H,5-6,8H2,1-4H3;1H. The molecule has 0 spiro atoms. The Labute approximate surface area is 146 Å². The molecule has 1 fully saturated rings. The molecule has 2 heterocycles. The molecular weight excluding hydrogens is 345 g/mol. The van der Waals surface area contributed by atoms with E-state index in [4.69, 9.17) is 11.6 Å². The fourth-order valence-corrected chi connectivity index (χ4v) is 3.02. The minimum atomic E-state index is -0.0857. The highest BCUT2D eigenvalue weighted by Gasteiger charge is 2.31. The number of thioether (sulfide) groups is 1. The van der Waals surface area contributed by atoms with Crippen molar-refractivity contribution in [2.75, 3.05) is 44.9 Å². The molecule has 22 heavy (non-hydrogen) atoms. The highest BCUT2D eigenvalue weighted by atomic mass is 35.5. The van der Waals surface area contributed by atoms with E-state index in [0.717, 1.165) is 24.5 Å². The lowest BCUT2D eigenvalue weighted by Gasteiger charge is -2.43. The van der Waals surface area contributed by atoms with Crippen molar-refractivity contribution in [3.8, 4) is 0 Å². The molecule has 0 radical (unpaired) electrons. The molecule has 9 heteroatoms. The molecule has 1 saturated heterocycles. The van der Waals surface area contributed by atoms with Crippen LogP contribution in [0.4, 0.5) is 5.95 Å². The molecular formula is C13H21Cl2N5OS. The second-order valence-corrected chi connectivity index (χ2v) is 6.30. The van der Waals surface area contributed by atoms with Crippen LogP contribution >= 0.6 is 35.8 Å². The molecule has 0 bridgehead atoms. The summed E-state index contributed by atoms with van der Waals surface area (Å²) < 4.78 is 0. The van der Waals surface area contributed by atoms with Gasteiger partial charge in [0.25, 0.3) is 0 Å². The molecule has 1 aliphatic heterocycles. The number of aromatic nitrogens is 2. The summed E-state index contributed by atoms with van der Waals surface area (Å²) in [5, 5.41) is 0.454. The van der Waals surface area contributed by atoms with E-state index in [1.54, 1.807) is 25.1 Å². The Hall–Kier alpha value is -0.760. The van der Waals surface area contributed by atoms with Crippen LogP contribution in [0.3, 0.4) is 0 Å². The highest BCUT2D eigenvalue weighted by molar-refractivity contribution is 7.98. The normalized spacial score (nSPS) is 18.8. The first-order chi connectivity index (χ1) is 9.93. The smallest absolute Gasteiger partial charge is 0.228 e. The summed E-state index contributed by atoms with van der Waals surface area (Å²) in [6.45, 7) is 3.97. The molecule has 0 N–H and O–H groups in total. The fourth-order valence-electron chi connectivity index (χ4n) is 2.29.